The van der Waals surface area contributed by atoms with E-state index >= 15 is 0 Å². The molecule has 2 aromatic rings. The molecule has 0 saturated carbocycles. The lowest BCUT2D eigenvalue weighted by molar-refractivity contribution is 0.0730. The molecule has 3 rings (SSSR count). The third kappa shape index (κ3) is 4.40. The predicted octanol–water partition coefficient (Wildman–Crippen LogP) is 3.34. The average Bonchev–Trinajstić information content (AvgIpc) is 2.65. The monoisotopic (exact) mass is 452 g/mol. The zero-order valence-corrected chi connectivity index (χ0v) is 17.6. The van der Waals surface area contributed by atoms with Crippen LogP contribution in [0.15, 0.2) is 45.8 Å². The van der Waals surface area contributed by atoms with Crippen LogP contribution in [-0.4, -0.2) is 44.9 Å². The van der Waals surface area contributed by atoms with Crippen LogP contribution >= 0.6 is 15.9 Å². The van der Waals surface area contributed by atoms with Gasteiger partial charge < -0.3 is 10.1 Å². The van der Waals surface area contributed by atoms with Crippen LogP contribution in [0.25, 0.3) is 0 Å². The first kappa shape index (κ1) is 20.0. The van der Waals surface area contributed by atoms with Crippen LogP contribution in [0.4, 0.5) is 5.69 Å². The second-order valence-corrected chi connectivity index (χ2v) is 9.23. The number of nitrogens with zero attached hydrogens (tertiary/aromatic N) is 1. The fourth-order valence-corrected chi connectivity index (χ4v) is 5.04. The molecule has 6 nitrogen and oxygen atoms in total. The van der Waals surface area contributed by atoms with Crippen LogP contribution in [-0.2, 0) is 14.8 Å². The molecule has 1 amide bonds. The molecule has 1 aliphatic heterocycles. The van der Waals surface area contributed by atoms with Gasteiger partial charge in [-0.1, -0.05) is 22.0 Å². The number of amides is 1. The van der Waals surface area contributed by atoms with Gasteiger partial charge in [-0.15, -0.1) is 0 Å². The summed E-state index contributed by atoms with van der Waals surface area (Å²) in [6.45, 7) is 5.01. The van der Waals surface area contributed by atoms with Gasteiger partial charge in [0, 0.05) is 28.8 Å². The number of hydrogen-bond acceptors (Lipinski definition) is 4. The van der Waals surface area contributed by atoms with Crippen molar-refractivity contribution in [1.29, 1.82) is 0 Å². The van der Waals surface area contributed by atoms with Gasteiger partial charge >= 0.3 is 0 Å². The second kappa shape index (κ2) is 8.10. The molecule has 0 atom stereocenters. The Hall–Kier alpha value is -1.74. The Bertz CT molecular complexity index is 970. The Morgan fingerprint density at radius 2 is 1.78 bits per heavy atom. The molecule has 27 heavy (non-hydrogen) atoms. The molecule has 144 valence electrons. The van der Waals surface area contributed by atoms with Crippen molar-refractivity contribution < 1.29 is 17.9 Å². The number of carbonyl (C=O) groups excluding carboxylic acids is 1. The normalized spacial score (nSPS) is 15.5. The maximum Gasteiger partial charge on any atom is 0.255 e. The van der Waals surface area contributed by atoms with Crippen molar-refractivity contribution >= 4 is 37.5 Å². The van der Waals surface area contributed by atoms with Crippen LogP contribution < -0.4 is 5.32 Å². The largest absolute Gasteiger partial charge is 0.379 e. The minimum atomic E-state index is -3.67. The predicted molar refractivity (Wildman–Crippen MR) is 108 cm³/mol. The first-order valence-corrected chi connectivity index (χ1v) is 10.8. The molecule has 1 N–H and O–H groups in total. The summed E-state index contributed by atoms with van der Waals surface area (Å²) >= 11 is 3.39. The first-order valence-electron chi connectivity index (χ1n) is 8.55. The summed E-state index contributed by atoms with van der Waals surface area (Å²) in [6, 6.07) is 10.3. The fraction of sp³-hybridized carbons (Fsp3) is 0.316. The standard InChI is InChI=1S/C19H21BrN2O4S/c1-13-3-4-15(19(23)21-17-6-5-16(20)11-14(17)2)12-18(13)27(24,25)22-7-9-26-10-8-22/h3-6,11-12H,7-10H2,1-2H3,(H,21,23). The van der Waals surface area contributed by atoms with Gasteiger partial charge in [-0.3, -0.25) is 4.79 Å². The Balaban J connectivity index is 1.89. The SMILES string of the molecule is Cc1cc(Br)ccc1NC(=O)c1ccc(C)c(S(=O)(=O)N2CCOCC2)c1. The second-order valence-electron chi connectivity index (χ2n) is 6.41. The number of aryl methyl sites for hydroxylation is 2. The number of rotatable bonds is 4. The molecule has 0 aliphatic carbocycles. The maximum absolute atomic E-state index is 13.0. The first-order chi connectivity index (χ1) is 12.8. The van der Waals surface area contributed by atoms with Gasteiger partial charge in [-0.25, -0.2) is 8.42 Å². The molecule has 0 radical (unpaired) electrons. The lowest BCUT2D eigenvalue weighted by atomic mass is 10.1. The summed E-state index contributed by atoms with van der Waals surface area (Å²) in [5, 5.41) is 2.84. The summed E-state index contributed by atoms with van der Waals surface area (Å²) in [5.41, 5.74) is 2.50. The van der Waals surface area contributed by atoms with Gasteiger partial charge in [0.05, 0.1) is 18.1 Å². The number of halogens is 1. The zero-order valence-electron chi connectivity index (χ0n) is 15.2. The van der Waals surface area contributed by atoms with Gasteiger partial charge in [-0.2, -0.15) is 4.31 Å². The smallest absolute Gasteiger partial charge is 0.255 e. The van der Waals surface area contributed by atoms with Crippen LogP contribution in [0, 0.1) is 13.8 Å². The third-order valence-corrected chi connectivity index (χ3v) is 7.01. The highest BCUT2D eigenvalue weighted by atomic mass is 79.9. The number of benzene rings is 2. The number of morpholine rings is 1. The molecule has 1 aliphatic rings. The number of hydrogen-bond donors (Lipinski definition) is 1. The summed E-state index contributed by atoms with van der Waals surface area (Å²) in [5.74, 6) is -0.348. The number of nitrogens with one attached hydrogen (secondary N) is 1. The molecule has 0 spiro atoms. The van der Waals surface area contributed by atoms with E-state index < -0.39 is 10.0 Å². The number of carbonyl (C=O) groups is 1. The average molecular weight is 453 g/mol. The van der Waals surface area contributed by atoms with Gasteiger partial charge in [0.15, 0.2) is 0 Å². The van der Waals surface area contributed by atoms with Crippen LogP contribution in [0.3, 0.4) is 0 Å². The lowest BCUT2D eigenvalue weighted by Gasteiger charge is -2.26. The van der Waals surface area contributed by atoms with E-state index in [0.717, 1.165) is 10.0 Å². The summed E-state index contributed by atoms with van der Waals surface area (Å²) < 4.78 is 33.5. The van der Waals surface area contributed by atoms with Crippen LogP contribution in [0.2, 0.25) is 0 Å². The molecule has 2 aromatic carbocycles. The lowest BCUT2D eigenvalue weighted by Crippen LogP contribution is -2.40. The molecule has 0 bridgehead atoms. The molecular formula is C19H21BrN2O4S. The topological polar surface area (TPSA) is 75.7 Å². The summed E-state index contributed by atoms with van der Waals surface area (Å²) in [4.78, 5) is 12.8. The van der Waals surface area contributed by atoms with Crippen molar-refractivity contribution in [2.75, 3.05) is 31.6 Å². The fourth-order valence-electron chi connectivity index (χ4n) is 2.91. The van der Waals surface area contributed by atoms with Crippen molar-refractivity contribution in [3.8, 4) is 0 Å². The quantitative estimate of drug-likeness (QED) is 0.771. The Morgan fingerprint density at radius 3 is 2.44 bits per heavy atom. The van der Waals surface area contributed by atoms with E-state index in [9.17, 15) is 13.2 Å². The molecule has 0 unspecified atom stereocenters. The minimum Gasteiger partial charge on any atom is -0.379 e. The van der Waals surface area contributed by atoms with Gasteiger partial charge in [0.1, 0.15) is 0 Å². The van der Waals surface area contributed by atoms with E-state index in [4.69, 9.17) is 4.74 Å². The van der Waals surface area contributed by atoms with E-state index in [-0.39, 0.29) is 10.8 Å². The van der Waals surface area contributed by atoms with Crippen molar-refractivity contribution in [3.05, 3.63) is 57.6 Å². The molecule has 1 saturated heterocycles. The maximum atomic E-state index is 13.0. The van der Waals surface area contributed by atoms with E-state index in [1.165, 1.54) is 10.4 Å². The third-order valence-electron chi connectivity index (χ3n) is 4.47. The molecule has 1 heterocycles. The highest BCUT2D eigenvalue weighted by Gasteiger charge is 2.28. The van der Waals surface area contributed by atoms with Gasteiger partial charge in [0.2, 0.25) is 10.0 Å². The van der Waals surface area contributed by atoms with E-state index in [1.807, 2.05) is 19.1 Å². The van der Waals surface area contributed by atoms with E-state index in [1.54, 1.807) is 25.1 Å². The van der Waals surface area contributed by atoms with E-state index in [0.29, 0.717) is 43.1 Å². The highest BCUT2D eigenvalue weighted by Crippen LogP contribution is 2.24. The van der Waals surface area contributed by atoms with Gasteiger partial charge in [-0.05, 0) is 55.3 Å². The zero-order chi connectivity index (χ0) is 19.6. The van der Waals surface area contributed by atoms with Gasteiger partial charge in [0.25, 0.3) is 5.91 Å². The molecular weight excluding hydrogens is 432 g/mol. The molecule has 0 aromatic heterocycles. The van der Waals surface area contributed by atoms with Crippen molar-refractivity contribution in [2.45, 2.75) is 18.7 Å². The molecule has 1 fully saturated rings. The Morgan fingerprint density at radius 1 is 1.07 bits per heavy atom. The van der Waals surface area contributed by atoms with Crippen molar-refractivity contribution in [2.24, 2.45) is 0 Å². The van der Waals surface area contributed by atoms with Crippen molar-refractivity contribution in [1.82, 2.24) is 4.31 Å². The summed E-state index contributed by atoms with van der Waals surface area (Å²) in [7, 11) is -3.67. The van der Waals surface area contributed by atoms with Crippen LogP contribution in [0.1, 0.15) is 21.5 Å². The number of anilines is 1. The summed E-state index contributed by atoms with van der Waals surface area (Å²) in [6.07, 6.45) is 0. The highest BCUT2D eigenvalue weighted by molar-refractivity contribution is 9.10. The Kier molecular flexibility index (Phi) is 6.00. The minimum absolute atomic E-state index is 0.157. The van der Waals surface area contributed by atoms with Crippen molar-refractivity contribution in [3.63, 3.8) is 0 Å². The number of ether oxygens (including phenoxy) is 1. The number of sulfonamides is 1. The Labute approximate surface area is 167 Å². The molecule has 8 heteroatoms. The van der Waals surface area contributed by atoms with Crippen LogP contribution in [0.5, 0.6) is 0 Å². The van der Waals surface area contributed by atoms with E-state index in [2.05, 4.69) is 21.2 Å².